The summed E-state index contributed by atoms with van der Waals surface area (Å²) in [4.78, 5) is 8.28. The summed E-state index contributed by atoms with van der Waals surface area (Å²) < 4.78 is 5.95. The first-order valence-electron chi connectivity index (χ1n) is 6.65. The summed E-state index contributed by atoms with van der Waals surface area (Å²) in [6.45, 7) is 5.19. The second-order valence-corrected chi connectivity index (χ2v) is 4.90. The van der Waals surface area contributed by atoms with E-state index in [-0.39, 0.29) is 5.60 Å². The minimum atomic E-state index is 0.0250. The maximum Gasteiger partial charge on any atom is 0.144 e. The van der Waals surface area contributed by atoms with E-state index in [0.717, 1.165) is 38.1 Å². The molecule has 1 aromatic rings. The van der Waals surface area contributed by atoms with Crippen molar-refractivity contribution in [1.29, 1.82) is 0 Å². The van der Waals surface area contributed by atoms with Crippen LogP contribution in [0.15, 0.2) is 12.4 Å². The Kier molecular flexibility index (Phi) is 4.01. The molecule has 3 N–H and O–H groups in total. The second-order valence-electron chi connectivity index (χ2n) is 4.90. The molecule has 1 saturated heterocycles. The van der Waals surface area contributed by atoms with E-state index in [4.69, 9.17) is 10.5 Å². The fraction of sp³-hybridized carbons (Fsp3) is 0.692. The summed E-state index contributed by atoms with van der Waals surface area (Å²) in [5.41, 5.74) is 5.55. The quantitative estimate of drug-likeness (QED) is 0.857. The molecule has 1 atom stereocenters. The second kappa shape index (κ2) is 5.52. The largest absolute Gasteiger partial charge is 0.382 e. The lowest BCUT2D eigenvalue weighted by molar-refractivity contribution is -0.0864. The molecule has 2 heterocycles. The number of rotatable bonds is 4. The van der Waals surface area contributed by atoms with Crippen molar-refractivity contribution in [1.82, 2.24) is 9.97 Å². The highest BCUT2D eigenvalue weighted by Crippen LogP contribution is 2.32. The number of hydrogen-bond donors (Lipinski definition) is 2. The van der Waals surface area contributed by atoms with Crippen molar-refractivity contribution < 1.29 is 4.74 Å². The highest BCUT2D eigenvalue weighted by molar-refractivity contribution is 5.37. The molecule has 1 unspecified atom stereocenters. The lowest BCUT2D eigenvalue weighted by Gasteiger charge is -2.40. The third-order valence-corrected chi connectivity index (χ3v) is 3.81. The van der Waals surface area contributed by atoms with E-state index in [1.54, 1.807) is 12.4 Å². The molecule has 1 aliphatic rings. The molecule has 18 heavy (non-hydrogen) atoms. The van der Waals surface area contributed by atoms with E-state index >= 15 is 0 Å². The Balaban J connectivity index is 1.99. The molecule has 2 rings (SSSR count). The molecule has 1 aliphatic heterocycles. The Hall–Kier alpha value is -1.36. The number of hydrogen-bond acceptors (Lipinski definition) is 5. The molecule has 0 spiro atoms. The van der Waals surface area contributed by atoms with E-state index in [1.165, 1.54) is 0 Å². The molecule has 0 amide bonds. The van der Waals surface area contributed by atoms with Crippen LogP contribution in [0.25, 0.3) is 0 Å². The smallest absolute Gasteiger partial charge is 0.144 e. The molecule has 100 valence electrons. The minimum Gasteiger partial charge on any atom is -0.382 e. The SMILES string of the molecule is CCC1(CC)CC(Nc2cnc(N)cn2)CCO1. The Morgan fingerprint density at radius 3 is 2.78 bits per heavy atom. The van der Waals surface area contributed by atoms with Crippen molar-refractivity contribution in [3.63, 3.8) is 0 Å². The maximum absolute atomic E-state index is 5.95. The van der Waals surface area contributed by atoms with Crippen molar-refractivity contribution in [3.8, 4) is 0 Å². The molecule has 1 aromatic heterocycles. The predicted octanol–water partition coefficient (Wildman–Crippen LogP) is 2.21. The number of nitrogens with two attached hydrogens (primary N) is 1. The van der Waals surface area contributed by atoms with Gasteiger partial charge in [-0.05, 0) is 25.7 Å². The standard InChI is InChI=1S/C13H22N4O/c1-3-13(4-2)7-10(5-6-18-13)17-12-9-15-11(14)8-16-12/h8-10H,3-7H2,1-2H3,(H2,14,15)(H,16,17). The van der Waals surface area contributed by atoms with Gasteiger partial charge in [0.2, 0.25) is 0 Å². The summed E-state index contributed by atoms with van der Waals surface area (Å²) in [6.07, 6.45) is 7.39. The Labute approximate surface area is 108 Å². The zero-order valence-electron chi connectivity index (χ0n) is 11.1. The predicted molar refractivity (Wildman–Crippen MR) is 72.4 cm³/mol. The highest BCUT2D eigenvalue weighted by atomic mass is 16.5. The summed E-state index contributed by atoms with van der Waals surface area (Å²) >= 11 is 0. The number of nitrogens with one attached hydrogen (secondary N) is 1. The van der Waals surface area contributed by atoms with Gasteiger partial charge in [0.05, 0.1) is 18.0 Å². The molecular formula is C13H22N4O. The normalized spacial score (nSPS) is 22.7. The van der Waals surface area contributed by atoms with Gasteiger partial charge in [0.25, 0.3) is 0 Å². The average Bonchev–Trinajstić information content (AvgIpc) is 2.41. The fourth-order valence-corrected chi connectivity index (χ4v) is 2.52. The Morgan fingerprint density at radius 1 is 1.39 bits per heavy atom. The van der Waals surface area contributed by atoms with Crippen molar-refractivity contribution >= 4 is 11.6 Å². The van der Waals surface area contributed by atoms with Crippen molar-refractivity contribution in [2.24, 2.45) is 0 Å². The van der Waals surface area contributed by atoms with Crippen LogP contribution >= 0.6 is 0 Å². The van der Waals surface area contributed by atoms with Crippen LogP contribution in [0.1, 0.15) is 39.5 Å². The molecule has 0 radical (unpaired) electrons. The van der Waals surface area contributed by atoms with E-state index in [2.05, 4.69) is 29.1 Å². The minimum absolute atomic E-state index is 0.0250. The maximum atomic E-state index is 5.95. The average molecular weight is 250 g/mol. The van der Waals surface area contributed by atoms with Crippen molar-refractivity contribution in [2.45, 2.75) is 51.2 Å². The van der Waals surface area contributed by atoms with Gasteiger partial charge >= 0.3 is 0 Å². The van der Waals surface area contributed by atoms with Gasteiger partial charge in [-0.15, -0.1) is 0 Å². The van der Waals surface area contributed by atoms with E-state index in [1.807, 2.05) is 0 Å². The first-order valence-corrected chi connectivity index (χ1v) is 6.65. The van der Waals surface area contributed by atoms with Gasteiger partial charge in [0, 0.05) is 12.6 Å². The summed E-state index contributed by atoms with van der Waals surface area (Å²) in [6, 6.07) is 0.400. The van der Waals surface area contributed by atoms with Crippen LogP contribution in [0, 0.1) is 0 Å². The van der Waals surface area contributed by atoms with Crippen molar-refractivity contribution in [3.05, 3.63) is 12.4 Å². The van der Waals surface area contributed by atoms with E-state index < -0.39 is 0 Å². The molecule has 5 nitrogen and oxygen atoms in total. The number of anilines is 2. The summed E-state index contributed by atoms with van der Waals surface area (Å²) in [5.74, 6) is 1.24. The number of aromatic nitrogens is 2. The molecule has 5 heteroatoms. The van der Waals surface area contributed by atoms with Gasteiger partial charge in [0.1, 0.15) is 11.6 Å². The topological polar surface area (TPSA) is 73.1 Å². The van der Waals surface area contributed by atoms with Gasteiger partial charge < -0.3 is 15.8 Å². The van der Waals surface area contributed by atoms with Crippen LogP contribution in [-0.4, -0.2) is 28.2 Å². The summed E-state index contributed by atoms with van der Waals surface area (Å²) in [7, 11) is 0. The number of ether oxygens (including phenoxy) is 1. The van der Waals surface area contributed by atoms with Crippen LogP contribution in [0.2, 0.25) is 0 Å². The molecule has 0 aliphatic carbocycles. The lowest BCUT2D eigenvalue weighted by atomic mass is 9.86. The number of nitrogens with zero attached hydrogens (tertiary/aromatic N) is 2. The van der Waals surface area contributed by atoms with Gasteiger partial charge in [-0.25, -0.2) is 9.97 Å². The van der Waals surface area contributed by atoms with Crippen LogP contribution in [0.5, 0.6) is 0 Å². The lowest BCUT2D eigenvalue weighted by Crippen LogP contribution is -2.43. The van der Waals surface area contributed by atoms with Gasteiger partial charge in [-0.3, -0.25) is 0 Å². The van der Waals surface area contributed by atoms with Gasteiger partial charge in [-0.1, -0.05) is 13.8 Å². The third-order valence-electron chi connectivity index (χ3n) is 3.81. The van der Waals surface area contributed by atoms with Gasteiger partial charge in [-0.2, -0.15) is 0 Å². The van der Waals surface area contributed by atoms with Gasteiger partial charge in [0.15, 0.2) is 0 Å². The molecule has 0 aromatic carbocycles. The van der Waals surface area contributed by atoms with Crippen LogP contribution in [-0.2, 0) is 4.74 Å². The number of nitrogen functional groups attached to an aromatic ring is 1. The monoisotopic (exact) mass is 250 g/mol. The summed E-state index contributed by atoms with van der Waals surface area (Å²) in [5, 5.41) is 3.42. The van der Waals surface area contributed by atoms with Crippen LogP contribution in [0.4, 0.5) is 11.6 Å². The Morgan fingerprint density at radius 2 is 2.17 bits per heavy atom. The fourth-order valence-electron chi connectivity index (χ4n) is 2.52. The molecular weight excluding hydrogens is 228 g/mol. The van der Waals surface area contributed by atoms with Crippen LogP contribution < -0.4 is 11.1 Å². The molecule has 0 bridgehead atoms. The Bertz CT molecular complexity index is 375. The van der Waals surface area contributed by atoms with Crippen LogP contribution in [0.3, 0.4) is 0 Å². The first-order chi connectivity index (χ1) is 8.67. The van der Waals surface area contributed by atoms with E-state index in [9.17, 15) is 0 Å². The third kappa shape index (κ3) is 2.90. The first kappa shape index (κ1) is 13.1. The highest BCUT2D eigenvalue weighted by Gasteiger charge is 2.34. The zero-order chi connectivity index (χ0) is 13.0. The zero-order valence-corrected chi connectivity index (χ0v) is 11.1. The molecule has 0 saturated carbocycles. The molecule has 1 fully saturated rings. The van der Waals surface area contributed by atoms with E-state index in [0.29, 0.717) is 11.9 Å². The van der Waals surface area contributed by atoms with Crippen molar-refractivity contribution in [2.75, 3.05) is 17.7 Å².